The topological polar surface area (TPSA) is 118 Å². The SMILES string of the molecule is CSCC[C@@H](Nc1ncnc2cc(C(=O)[O-])ccc12)C(=O)[O-]. The van der Waals surface area contributed by atoms with E-state index in [0.717, 1.165) is 0 Å². The summed E-state index contributed by atoms with van der Waals surface area (Å²) < 4.78 is 0. The Kier molecular flexibility index (Phi) is 5.16. The molecule has 1 N–H and O–H groups in total. The van der Waals surface area contributed by atoms with Gasteiger partial charge in [-0.3, -0.25) is 0 Å². The van der Waals surface area contributed by atoms with E-state index in [1.807, 2.05) is 6.26 Å². The summed E-state index contributed by atoms with van der Waals surface area (Å²) in [6.07, 6.45) is 3.50. The summed E-state index contributed by atoms with van der Waals surface area (Å²) in [6, 6.07) is 3.35. The fourth-order valence-corrected chi connectivity index (χ4v) is 2.42. The number of rotatable bonds is 7. The van der Waals surface area contributed by atoms with Crippen LogP contribution in [0.3, 0.4) is 0 Å². The molecule has 0 radical (unpaired) electrons. The number of aliphatic carboxylic acids is 1. The van der Waals surface area contributed by atoms with Gasteiger partial charge in [-0.05, 0) is 36.1 Å². The molecule has 1 heterocycles. The third-order valence-electron chi connectivity index (χ3n) is 3.08. The summed E-state index contributed by atoms with van der Waals surface area (Å²) in [6.45, 7) is 0. The smallest absolute Gasteiger partial charge is 0.137 e. The van der Waals surface area contributed by atoms with Crippen molar-refractivity contribution in [1.82, 2.24) is 9.97 Å². The number of hydrogen-bond donors (Lipinski definition) is 1. The molecule has 0 aliphatic heterocycles. The highest BCUT2D eigenvalue weighted by Crippen LogP contribution is 2.21. The number of carbonyl (C=O) groups is 2. The molecule has 1 atom stereocenters. The molecule has 1 aromatic carbocycles. The molecule has 0 amide bonds. The summed E-state index contributed by atoms with van der Waals surface area (Å²) in [7, 11) is 0. The molecular formula is C14H13N3O4S-2. The minimum Gasteiger partial charge on any atom is -0.548 e. The van der Waals surface area contributed by atoms with E-state index in [9.17, 15) is 19.8 Å². The van der Waals surface area contributed by atoms with E-state index in [1.54, 1.807) is 0 Å². The third-order valence-corrected chi connectivity index (χ3v) is 3.72. The number of aromatic nitrogens is 2. The summed E-state index contributed by atoms with van der Waals surface area (Å²) in [4.78, 5) is 30.1. The molecule has 0 spiro atoms. The van der Waals surface area contributed by atoms with Gasteiger partial charge in [0.15, 0.2) is 0 Å². The molecule has 22 heavy (non-hydrogen) atoms. The normalized spacial score (nSPS) is 12.0. The number of anilines is 1. The first-order chi connectivity index (χ1) is 10.5. The fourth-order valence-electron chi connectivity index (χ4n) is 1.95. The maximum atomic E-state index is 11.2. The predicted octanol–water partition coefficient (Wildman–Crippen LogP) is -0.723. The van der Waals surface area contributed by atoms with Crippen LogP contribution >= 0.6 is 11.8 Å². The predicted molar refractivity (Wildman–Crippen MR) is 79.3 cm³/mol. The molecule has 0 aliphatic carbocycles. The lowest BCUT2D eigenvalue weighted by molar-refractivity contribution is -0.306. The van der Waals surface area contributed by atoms with Gasteiger partial charge in [0.05, 0.1) is 23.5 Å². The summed E-state index contributed by atoms with van der Waals surface area (Å²) >= 11 is 1.53. The van der Waals surface area contributed by atoms with Crippen molar-refractivity contribution in [2.45, 2.75) is 12.5 Å². The fraction of sp³-hybridized carbons (Fsp3) is 0.286. The van der Waals surface area contributed by atoms with Gasteiger partial charge in [0.2, 0.25) is 0 Å². The maximum Gasteiger partial charge on any atom is 0.137 e. The van der Waals surface area contributed by atoms with Crippen LogP contribution in [0, 0.1) is 0 Å². The number of aromatic carboxylic acids is 1. The molecule has 0 fully saturated rings. The van der Waals surface area contributed by atoms with Crippen LogP contribution in [0.15, 0.2) is 24.5 Å². The zero-order chi connectivity index (χ0) is 16.1. The standard InChI is InChI=1S/C14H15N3O4S/c1-22-5-4-10(14(20)21)17-12-9-3-2-8(13(18)19)6-11(9)15-7-16-12/h2-3,6-7,10H,4-5H2,1H3,(H,18,19)(H,20,21)(H,15,16,17)/p-2/t10-/m1/s1. The average molecular weight is 319 g/mol. The van der Waals surface area contributed by atoms with E-state index in [-0.39, 0.29) is 5.56 Å². The first-order valence-electron chi connectivity index (χ1n) is 6.45. The largest absolute Gasteiger partial charge is 0.548 e. The van der Waals surface area contributed by atoms with Crippen LogP contribution in [0.25, 0.3) is 10.9 Å². The first-order valence-corrected chi connectivity index (χ1v) is 7.84. The van der Waals surface area contributed by atoms with E-state index < -0.39 is 18.0 Å². The van der Waals surface area contributed by atoms with Crippen molar-refractivity contribution in [1.29, 1.82) is 0 Å². The van der Waals surface area contributed by atoms with Crippen molar-refractivity contribution in [2.75, 3.05) is 17.3 Å². The molecule has 2 aromatic rings. The number of carbonyl (C=O) groups excluding carboxylic acids is 2. The Hall–Kier alpha value is -2.35. The summed E-state index contributed by atoms with van der Waals surface area (Å²) in [5, 5.41) is 25.4. The average Bonchev–Trinajstić information content (AvgIpc) is 2.50. The highest BCUT2D eigenvalue weighted by atomic mass is 32.2. The van der Waals surface area contributed by atoms with Gasteiger partial charge in [-0.1, -0.05) is 6.07 Å². The van der Waals surface area contributed by atoms with Gasteiger partial charge < -0.3 is 25.1 Å². The third kappa shape index (κ3) is 3.64. The van der Waals surface area contributed by atoms with Crippen LogP contribution < -0.4 is 15.5 Å². The monoisotopic (exact) mass is 319 g/mol. The Bertz CT molecular complexity index is 708. The second-order valence-corrected chi connectivity index (χ2v) is 5.52. The van der Waals surface area contributed by atoms with Crippen LogP contribution in [0.5, 0.6) is 0 Å². The molecule has 2 rings (SSSR count). The van der Waals surface area contributed by atoms with Crippen LogP contribution in [-0.4, -0.2) is 40.0 Å². The summed E-state index contributed by atoms with van der Waals surface area (Å²) in [5.41, 5.74) is 0.386. The lowest BCUT2D eigenvalue weighted by atomic mass is 10.1. The molecule has 0 aliphatic rings. The molecule has 7 nitrogen and oxygen atoms in total. The molecule has 0 saturated carbocycles. The molecular weight excluding hydrogens is 306 g/mol. The Balaban J connectivity index is 2.34. The van der Waals surface area contributed by atoms with E-state index in [0.29, 0.717) is 28.9 Å². The number of nitrogens with one attached hydrogen (secondary N) is 1. The molecule has 8 heteroatoms. The van der Waals surface area contributed by atoms with Gasteiger partial charge in [-0.25, -0.2) is 9.97 Å². The molecule has 116 valence electrons. The van der Waals surface area contributed by atoms with E-state index in [1.165, 1.54) is 36.3 Å². The van der Waals surface area contributed by atoms with Gasteiger partial charge in [0, 0.05) is 5.39 Å². The number of thioether (sulfide) groups is 1. The van der Waals surface area contributed by atoms with Gasteiger partial charge in [-0.15, -0.1) is 0 Å². The van der Waals surface area contributed by atoms with Crippen LogP contribution in [0.1, 0.15) is 16.8 Å². The highest BCUT2D eigenvalue weighted by molar-refractivity contribution is 7.98. The van der Waals surface area contributed by atoms with Gasteiger partial charge in [-0.2, -0.15) is 11.8 Å². The van der Waals surface area contributed by atoms with Gasteiger partial charge in [0.1, 0.15) is 12.1 Å². The van der Waals surface area contributed by atoms with E-state index >= 15 is 0 Å². The Morgan fingerprint density at radius 1 is 1.32 bits per heavy atom. The first kappa shape index (κ1) is 16.0. The Labute approximate surface area is 130 Å². The van der Waals surface area contributed by atoms with Crippen molar-refractivity contribution < 1.29 is 19.8 Å². The number of nitrogens with zero attached hydrogens (tertiary/aromatic N) is 2. The number of benzene rings is 1. The zero-order valence-electron chi connectivity index (χ0n) is 11.7. The molecule has 0 bridgehead atoms. The van der Waals surface area contributed by atoms with Crippen molar-refractivity contribution in [3.63, 3.8) is 0 Å². The maximum absolute atomic E-state index is 11.2. The van der Waals surface area contributed by atoms with Crippen molar-refractivity contribution in [2.24, 2.45) is 0 Å². The second-order valence-electron chi connectivity index (χ2n) is 4.54. The lowest BCUT2D eigenvalue weighted by Gasteiger charge is -2.20. The van der Waals surface area contributed by atoms with Gasteiger partial charge >= 0.3 is 0 Å². The number of carboxylic acid groups (broad SMARTS) is 2. The molecule has 1 aromatic heterocycles. The van der Waals surface area contributed by atoms with Crippen LogP contribution in [0.2, 0.25) is 0 Å². The Morgan fingerprint density at radius 3 is 2.73 bits per heavy atom. The van der Waals surface area contributed by atoms with Gasteiger partial charge in [0.25, 0.3) is 0 Å². The minimum absolute atomic E-state index is 0.00372. The summed E-state index contributed by atoms with van der Waals surface area (Å²) in [5.74, 6) is -1.54. The number of carboxylic acids is 2. The molecule has 0 saturated heterocycles. The molecule has 0 unspecified atom stereocenters. The van der Waals surface area contributed by atoms with Crippen molar-refractivity contribution in [3.05, 3.63) is 30.1 Å². The van der Waals surface area contributed by atoms with Crippen LogP contribution in [0.4, 0.5) is 5.82 Å². The number of fused-ring (bicyclic) bond motifs is 1. The minimum atomic E-state index is -1.30. The second kappa shape index (κ2) is 7.08. The number of hydrogen-bond acceptors (Lipinski definition) is 8. The quantitative estimate of drug-likeness (QED) is 0.710. The van der Waals surface area contributed by atoms with E-state index in [4.69, 9.17) is 0 Å². The van der Waals surface area contributed by atoms with Crippen molar-refractivity contribution >= 4 is 40.4 Å². The Morgan fingerprint density at radius 2 is 2.09 bits per heavy atom. The van der Waals surface area contributed by atoms with E-state index in [2.05, 4.69) is 15.3 Å². The highest BCUT2D eigenvalue weighted by Gasteiger charge is 2.13. The lowest BCUT2D eigenvalue weighted by Crippen LogP contribution is -2.41. The van der Waals surface area contributed by atoms with Crippen molar-refractivity contribution in [3.8, 4) is 0 Å². The zero-order valence-corrected chi connectivity index (χ0v) is 12.6. The van der Waals surface area contributed by atoms with Crippen LogP contribution in [-0.2, 0) is 4.79 Å².